The Kier molecular flexibility index (Phi) is 5.55. The van der Waals surface area contributed by atoms with Gasteiger partial charge < -0.3 is 19.3 Å². The van der Waals surface area contributed by atoms with Gasteiger partial charge in [0.25, 0.3) is 0 Å². The second kappa shape index (κ2) is 8.42. The van der Waals surface area contributed by atoms with Gasteiger partial charge in [-0.3, -0.25) is 5.10 Å². The van der Waals surface area contributed by atoms with Crippen LogP contribution in [0.1, 0.15) is 19.8 Å². The number of piperazine rings is 1. The Hall–Kier alpha value is -2.89. The number of hydrogen-bond acceptors (Lipinski definition) is 5. The fraction of sp³-hybridized carbons (Fsp3) is 0.409. The molecule has 0 atom stereocenters. The van der Waals surface area contributed by atoms with Crippen molar-refractivity contribution in [3.05, 3.63) is 42.5 Å². The van der Waals surface area contributed by atoms with Crippen LogP contribution < -0.4 is 19.3 Å². The van der Waals surface area contributed by atoms with Gasteiger partial charge in [-0.15, -0.1) is 0 Å². The lowest BCUT2D eigenvalue weighted by molar-refractivity contribution is 0.287. The summed E-state index contributed by atoms with van der Waals surface area (Å²) in [5, 5.41) is 8.85. The summed E-state index contributed by atoms with van der Waals surface area (Å²) in [6.45, 7) is 6.45. The minimum absolute atomic E-state index is 0.687. The smallest absolute Gasteiger partial charge is 0.184 e. The van der Waals surface area contributed by atoms with Crippen molar-refractivity contribution in [2.45, 2.75) is 19.8 Å². The van der Waals surface area contributed by atoms with E-state index in [1.807, 2.05) is 12.1 Å². The van der Waals surface area contributed by atoms with E-state index >= 15 is 0 Å². The van der Waals surface area contributed by atoms with Crippen LogP contribution in [0, 0.1) is 6.07 Å². The summed E-state index contributed by atoms with van der Waals surface area (Å²) >= 11 is 0. The van der Waals surface area contributed by atoms with Crippen LogP contribution in [0.4, 0.5) is 11.5 Å². The average molecular weight is 379 g/mol. The highest BCUT2D eigenvalue weighted by Crippen LogP contribution is 2.38. The number of anilines is 2. The van der Waals surface area contributed by atoms with E-state index in [0.717, 1.165) is 61.8 Å². The van der Waals surface area contributed by atoms with Gasteiger partial charge in [-0.1, -0.05) is 25.5 Å². The van der Waals surface area contributed by atoms with Gasteiger partial charge in [-0.2, -0.15) is 5.10 Å². The van der Waals surface area contributed by atoms with Crippen molar-refractivity contribution < 1.29 is 9.47 Å². The first-order valence-corrected chi connectivity index (χ1v) is 9.96. The number of methoxy groups -OCH3 is 1. The Morgan fingerprint density at radius 2 is 1.89 bits per heavy atom. The molecule has 0 bridgehead atoms. The van der Waals surface area contributed by atoms with Gasteiger partial charge in [0.05, 0.1) is 24.9 Å². The summed E-state index contributed by atoms with van der Waals surface area (Å²) in [5.74, 6) is 2.51. The van der Waals surface area contributed by atoms with Gasteiger partial charge in [0.15, 0.2) is 17.3 Å². The molecule has 0 aliphatic carbocycles. The molecule has 1 saturated heterocycles. The number of aromatic amines is 1. The van der Waals surface area contributed by atoms with Crippen molar-refractivity contribution in [3.8, 4) is 11.5 Å². The molecule has 1 N–H and O–H groups in total. The van der Waals surface area contributed by atoms with E-state index in [4.69, 9.17) is 9.47 Å². The van der Waals surface area contributed by atoms with E-state index in [0.29, 0.717) is 12.4 Å². The number of benzene rings is 2. The SMILES string of the molecule is CCCCOc1[c]ccc(N2CCN(c3n[nH]c4ccccc34)CC2)c1OC. The topological polar surface area (TPSA) is 53.6 Å². The number of fused-ring (bicyclic) bond motifs is 1. The highest BCUT2D eigenvalue weighted by Gasteiger charge is 2.24. The number of para-hydroxylation sites is 1. The summed E-state index contributed by atoms with van der Waals surface area (Å²) in [4.78, 5) is 4.69. The molecule has 2 heterocycles. The highest BCUT2D eigenvalue weighted by atomic mass is 16.5. The zero-order chi connectivity index (χ0) is 19.3. The summed E-state index contributed by atoms with van der Waals surface area (Å²) in [7, 11) is 1.70. The predicted molar refractivity (Wildman–Crippen MR) is 113 cm³/mol. The molecule has 147 valence electrons. The van der Waals surface area contributed by atoms with Crippen LogP contribution in [0.3, 0.4) is 0 Å². The van der Waals surface area contributed by atoms with Crippen LogP contribution in [0.2, 0.25) is 0 Å². The molecular formula is C22H27N4O2. The minimum atomic E-state index is 0.687. The van der Waals surface area contributed by atoms with Crippen molar-refractivity contribution in [1.82, 2.24) is 10.2 Å². The number of unbranched alkanes of at least 4 members (excludes halogenated alkanes) is 1. The van der Waals surface area contributed by atoms with E-state index in [2.05, 4.69) is 57.3 Å². The number of nitrogens with one attached hydrogen (secondary N) is 1. The van der Waals surface area contributed by atoms with Gasteiger partial charge >= 0.3 is 0 Å². The quantitative estimate of drug-likeness (QED) is 0.632. The molecule has 1 aliphatic rings. The molecule has 0 unspecified atom stereocenters. The maximum Gasteiger partial charge on any atom is 0.184 e. The van der Waals surface area contributed by atoms with Gasteiger partial charge in [0.2, 0.25) is 0 Å². The summed E-state index contributed by atoms with van der Waals surface area (Å²) in [6.07, 6.45) is 2.13. The van der Waals surface area contributed by atoms with Gasteiger partial charge in [0, 0.05) is 37.6 Å². The van der Waals surface area contributed by atoms with Crippen LogP contribution in [-0.4, -0.2) is 50.1 Å². The Labute approximate surface area is 166 Å². The normalized spacial score (nSPS) is 14.5. The van der Waals surface area contributed by atoms with Crippen LogP contribution in [0.25, 0.3) is 10.9 Å². The summed E-state index contributed by atoms with van der Waals surface area (Å²) < 4.78 is 11.6. The predicted octanol–water partition coefficient (Wildman–Crippen LogP) is 3.88. The number of ether oxygens (including phenoxy) is 2. The molecule has 1 aromatic heterocycles. The Morgan fingerprint density at radius 3 is 2.68 bits per heavy atom. The van der Waals surface area contributed by atoms with E-state index < -0.39 is 0 Å². The average Bonchev–Trinajstić information content (AvgIpc) is 3.18. The standard InChI is InChI=1S/C22H27N4O2/c1-3-4-16-28-20-11-7-10-19(21(20)27-2)25-12-14-26(15-13-25)22-17-8-5-6-9-18(17)23-24-22/h5-10H,3-4,12-16H2,1-2H3,(H,23,24). The Morgan fingerprint density at radius 1 is 1.11 bits per heavy atom. The van der Waals surface area contributed by atoms with Gasteiger partial charge in [-0.05, 0) is 30.7 Å². The van der Waals surface area contributed by atoms with Crippen molar-refractivity contribution in [3.63, 3.8) is 0 Å². The van der Waals surface area contributed by atoms with Crippen LogP contribution >= 0.6 is 0 Å². The fourth-order valence-electron chi connectivity index (χ4n) is 3.68. The van der Waals surface area contributed by atoms with Crippen molar-refractivity contribution >= 4 is 22.4 Å². The molecule has 3 aromatic rings. The summed E-state index contributed by atoms with van der Waals surface area (Å²) in [5.41, 5.74) is 2.15. The second-order valence-corrected chi connectivity index (χ2v) is 6.99. The van der Waals surface area contributed by atoms with Crippen molar-refractivity contribution in [1.29, 1.82) is 0 Å². The zero-order valence-electron chi connectivity index (χ0n) is 16.6. The van der Waals surface area contributed by atoms with E-state index in [9.17, 15) is 0 Å². The third-order valence-electron chi connectivity index (χ3n) is 5.21. The monoisotopic (exact) mass is 379 g/mol. The Balaban J connectivity index is 1.48. The first-order chi connectivity index (χ1) is 13.8. The Bertz CT molecular complexity index is 916. The maximum absolute atomic E-state index is 5.90. The third kappa shape index (κ3) is 3.59. The van der Waals surface area contributed by atoms with E-state index in [1.54, 1.807) is 7.11 Å². The van der Waals surface area contributed by atoms with Gasteiger partial charge in [-0.25, -0.2) is 0 Å². The van der Waals surface area contributed by atoms with Crippen LogP contribution in [0.5, 0.6) is 11.5 Å². The molecular weight excluding hydrogens is 352 g/mol. The molecule has 1 radical (unpaired) electrons. The largest absolute Gasteiger partial charge is 0.491 e. The molecule has 2 aromatic carbocycles. The lowest BCUT2D eigenvalue weighted by Gasteiger charge is -2.37. The third-order valence-corrected chi connectivity index (χ3v) is 5.21. The minimum Gasteiger partial charge on any atom is -0.491 e. The van der Waals surface area contributed by atoms with E-state index in [-0.39, 0.29) is 0 Å². The molecule has 0 spiro atoms. The number of aromatic nitrogens is 2. The molecule has 6 heteroatoms. The maximum atomic E-state index is 5.90. The first kappa shape index (κ1) is 18.5. The molecule has 1 aliphatic heterocycles. The highest BCUT2D eigenvalue weighted by molar-refractivity contribution is 5.90. The number of nitrogens with zero attached hydrogens (tertiary/aromatic N) is 3. The second-order valence-electron chi connectivity index (χ2n) is 6.99. The zero-order valence-corrected chi connectivity index (χ0v) is 16.6. The van der Waals surface area contributed by atoms with Crippen LogP contribution in [0.15, 0.2) is 36.4 Å². The lowest BCUT2D eigenvalue weighted by Crippen LogP contribution is -2.46. The van der Waals surface area contributed by atoms with Crippen LogP contribution in [-0.2, 0) is 0 Å². The van der Waals surface area contributed by atoms with Crippen molar-refractivity contribution in [2.75, 3.05) is 49.7 Å². The summed E-state index contributed by atoms with van der Waals surface area (Å²) in [6, 6.07) is 15.4. The molecule has 1 fully saturated rings. The number of hydrogen-bond donors (Lipinski definition) is 1. The molecule has 6 nitrogen and oxygen atoms in total. The van der Waals surface area contributed by atoms with E-state index in [1.165, 1.54) is 5.39 Å². The number of rotatable bonds is 7. The fourth-order valence-corrected chi connectivity index (χ4v) is 3.68. The van der Waals surface area contributed by atoms with Crippen molar-refractivity contribution in [2.24, 2.45) is 0 Å². The lowest BCUT2D eigenvalue weighted by atomic mass is 10.2. The number of H-pyrrole nitrogens is 1. The van der Waals surface area contributed by atoms with Gasteiger partial charge in [0.1, 0.15) is 0 Å². The molecule has 0 saturated carbocycles. The molecule has 0 amide bonds. The first-order valence-electron chi connectivity index (χ1n) is 9.96. The molecule has 28 heavy (non-hydrogen) atoms. The molecule has 4 rings (SSSR count).